The van der Waals surface area contributed by atoms with Crippen molar-refractivity contribution in [2.24, 2.45) is 0 Å². The van der Waals surface area contributed by atoms with Gasteiger partial charge in [0.25, 0.3) is 0 Å². The van der Waals surface area contributed by atoms with E-state index in [0.717, 1.165) is 17.1 Å². The van der Waals surface area contributed by atoms with Gasteiger partial charge in [0, 0.05) is 22.7 Å². The summed E-state index contributed by atoms with van der Waals surface area (Å²) < 4.78 is 0. The van der Waals surface area contributed by atoms with Crippen LogP contribution in [0, 0.1) is 20.8 Å². The number of para-hydroxylation sites is 1. The SMILES string of the molecule is Cc1cccc(Nc2ccc(Nc3c(C)cccc3C)cc2)c1. The first-order valence-corrected chi connectivity index (χ1v) is 7.89. The number of nitrogens with one attached hydrogen (secondary N) is 2. The quantitative estimate of drug-likeness (QED) is 0.608. The van der Waals surface area contributed by atoms with Gasteiger partial charge in [-0.25, -0.2) is 0 Å². The first-order chi connectivity index (χ1) is 11.1. The smallest absolute Gasteiger partial charge is 0.0443 e. The molecule has 0 aromatic heterocycles. The molecule has 0 fully saturated rings. The van der Waals surface area contributed by atoms with Crippen LogP contribution in [0.1, 0.15) is 16.7 Å². The van der Waals surface area contributed by atoms with E-state index in [-0.39, 0.29) is 0 Å². The van der Waals surface area contributed by atoms with Crippen LogP contribution in [0.15, 0.2) is 66.7 Å². The van der Waals surface area contributed by atoms with Gasteiger partial charge in [0.15, 0.2) is 0 Å². The highest BCUT2D eigenvalue weighted by molar-refractivity contribution is 5.69. The van der Waals surface area contributed by atoms with Crippen molar-refractivity contribution in [3.05, 3.63) is 83.4 Å². The average Bonchev–Trinajstić information content (AvgIpc) is 2.53. The fourth-order valence-electron chi connectivity index (χ4n) is 2.68. The first kappa shape index (κ1) is 15.2. The van der Waals surface area contributed by atoms with Crippen molar-refractivity contribution in [2.45, 2.75) is 20.8 Å². The van der Waals surface area contributed by atoms with Crippen molar-refractivity contribution < 1.29 is 0 Å². The van der Waals surface area contributed by atoms with Gasteiger partial charge in [0.2, 0.25) is 0 Å². The maximum absolute atomic E-state index is 3.51. The molecule has 3 rings (SSSR count). The van der Waals surface area contributed by atoms with Crippen LogP contribution in [-0.2, 0) is 0 Å². The molecule has 0 amide bonds. The Kier molecular flexibility index (Phi) is 4.33. The van der Waals surface area contributed by atoms with Gasteiger partial charge in [-0.3, -0.25) is 0 Å². The summed E-state index contributed by atoms with van der Waals surface area (Å²) in [6.07, 6.45) is 0. The number of rotatable bonds is 4. The lowest BCUT2D eigenvalue weighted by Gasteiger charge is -2.13. The third-order valence-electron chi connectivity index (χ3n) is 3.94. The molecule has 3 aromatic carbocycles. The topological polar surface area (TPSA) is 24.1 Å². The van der Waals surface area contributed by atoms with Gasteiger partial charge < -0.3 is 10.6 Å². The standard InChI is InChI=1S/C21H22N2/c1-15-6-4-9-20(14-15)22-18-10-12-19(13-11-18)23-21-16(2)7-5-8-17(21)3/h4-14,22-23H,1-3H3. The molecule has 0 atom stereocenters. The zero-order valence-electron chi connectivity index (χ0n) is 13.9. The Balaban J connectivity index is 1.75. The lowest BCUT2D eigenvalue weighted by atomic mass is 10.1. The number of hydrogen-bond acceptors (Lipinski definition) is 2. The van der Waals surface area contributed by atoms with E-state index < -0.39 is 0 Å². The van der Waals surface area contributed by atoms with Crippen LogP contribution in [0.5, 0.6) is 0 Å². The van der Waals surface area contributed by atoms with Crippen LogP contribution in [0.3, 0.4) is 0 Å². The monoisotopic (exact) mass is 302 g/mol. The van der Waals surface area contributed by atoms with E-state index in [1.165, 1.54) is 22.4 Å². The van der Waals surface area contributed by atoms with Crippen molar-refractivity contribution in [3.63, 3.8) is 0 Å². The van der Waals surface area contributed by atoms with Crippen molar-refractivity contribution in [3.8, 4) is 0 Å². The van der Waals surface area contributed by atoms with E-state index in [0.29, 0.717) is 0 Å². The van der Waals surface area contributed by atoms with E-state index in [1.54, 1.807) is 0 Å². The Morgan fingerprint density at radius 3 is 1.74 bits per heavy atom. The zero-order chi connectivity index (χ0) is 16.2. The molecule has 116 valence electrons. The van der Waals surface area contributed by atoms with Gasteiger partial charge in [0.1, 0.15) is 0 Å². The minimum Gasteiger partial charge on any atom is -0.356 e. The minimum absolute atomic E-state index is 1.09. The molecule has 0 bridgehead atoms. The lowest BCUT2D eigenvalue weighted by Crippen LogP contribution is -1.96. The molecule has 0 radical (unpaired) electrons. The molecular weight excluding hydrogens is 280 g/mol. The van der Waals surface area contributed by atoms with Gasteiger partial charge in [-0.1, -0.05) is 30.3 Å². The molecule has 2 heteroatoms. The Labute approximate surface area is 138 Å². The third-order valence-corrected chi connectivity index (χ3v) is 3.94. The summed E-state index contributed by atoms with van der Waals surface area (Å²) >= 11 is 0. The maximum Gasteiger partial charge on any atom is 0.0443 e. The molecule has 0 saturated carbocycles. The first-order valence-electron chi connectivity index (χ1n) is 7.89. The molecule has 0 aliphatic rings. The summed E-state index contributed by atoms with van der Waals surface area (Å²) in [5, 5.41) is 6.94. The Bertz CT molecular complexity index is 784. The van der Waals surface area contributed by atoms with Crippen molar-refractivity contribution in [1.29, 1.82) is 0 Å². The Hall–Kier alpha value is -2.74. The number of hydrogen-bond donors (Lipinski definition) is 2. The largest absolute Gasteiger partial charge is 0.356 e. The van der Waals surface area contributed by atoms with Crippen LogP contribution in [0.2, 0.25) is 0 Å². The normalized spacial score (nSPS) is 10.4. The van der Waals surface area contributed by atoms with E-state index in [1.807, 2.05) is 0 Å². The molecular formula is C21H22N2. The fourth-order valence-corrected chi connectivity index (χ4v) is 2.68. The summed E-state index contributed by atoms with van der Waals surface area (Å²) in [6, 6.07) is 23.1. The predicted molar refractivity (Wildman–Crippen MR) is 100 cm³/mol. The second-order valence-corrected chi connectivity index (χ2v) is 5.96. The minimum atomic E-state index is 1.09. The van der Waals surface area contributed by atoms with E-state index in [9.17, 15) is 0 Å². The van der Waals surface area contributed by atoms with E-state index in [2.05, 4.69) is 98.1 Å². The highest BCUT2D eigenvalue weighted by Gasteiger charge is 2.02. The van der Waals surface area contributed by atoms with Gasteiger partial charge in [-0.2, -0.15) is 0 Å². The maximum atomic E-state index is 3.51. The summed E-state index contributed by atoms with van der Waals surface area (Å²) in [6.45, 7) is 6.36. The average molecular weight is 302 g/mol. The molecule has 0 aliphatic carbocycles. The summed E-state index contributed by atoms with van der Waals surface area (Å²) in [7, 11) is 0. The van der Waals surface area contributed by atoms with Gasteiger partial charge in [-0.15, -0.1) is 0 Å². The second kappa shape index (κ2) is 6.57. The lowest BCUT2D eigenvalue weighted by molar-refractivity contribution is 1.36. The zero-order valence-corrected chi connectivity index (χ0v) is 13.9. The third kappa shape index (κ3) is 3.72. The number of aryl methyl sites for hydroxylation is 3. The number of benzene rings is 3. The highest BCUT2D eigenvalue weighted by Crippen LogP contribution is 2.26. The molecule has 2 nitrogen and oxygen atoms in total. The van der Waals surface area contributed by atoms with E-state index in [4.69, 9.17) is 0 Å². The molecule has 2 N–H and O–H groups in total. The molecule has 0 heterocycles. The van der Waals surface area contributed by atoms with Crippen molar-refractivity contribution >= 4 is 22.7 Å². The molecule has 0 unspecified atom stereocenters. The Morgan fingerprint density at radius 1 is 0.565 bits per heavy atom. The summed E-state index contributed by atoms with van der Waals surface area (Å²) in [5.74, 6) is 0. The van der Waals surface area contributed by atoms with Crippen LogP contribution in [0.25, 0.3) is 0 Å². The van der Waals surface area contributed by atoms with Crippen molar-refractivity contribution in [1.82, 2.24) is 0 Å². The predicted octanol–water partition coefficient (Wildman–Crippen LogP) is 6.10. The summed E-state index contributed by atoms with van der Waals surface area (Å²) in [4.78, 5) is 0. The van der Waals surface area contributed by atoms with E-state index >= 15 is 0 Å². The molecule has 3 aromatic rings. The molecule has 0 spiro atoms. The molecule has 0 saturated heterocycles. The second-order valence-electron chi connectivity index (χ2n) is 5.96. The van der Waals surface area contributed by atoms with Crippen LogP contribution < -0.4 is 10.6 Å². The fraction of sp³-hybridized carbons (Fsp3) is 0.143. The van der Waals surface area contributed by atoms with Crippen LogP contribution in [0.4, 0.5) is 22.7 Å². The number of anilines is 4. The van der Waals surface area contributed by atoms with Crippen LogP contribution >= 0.6 is 0 Å². The molecule has 23 heavy (non-hydrogen) atoms. The summed E-state index contributed by atoms with van der Waals surface area (Å²) in [5.41, 5.74) is 8.24. The van der Waals surface area contributed by atoms with Gasteiger partial charge in [-0.05, 0) is 73.9 Å². The van der Waals surface area contributed by atoms with Crippen molar-refractivity contribution in [2.75, 3.05) is 10.6 Å². The highest BCUT2D eigenvalue weighted by atomic mass is 14.9. The van der Waals surface area contributed by atoms with Gasteiger partial charge in [0.05, 0.1) is 0 Å². The molecule has 0 aliphatic heterocycles. The van der Waals surface area contributed by atoms with Gasteiger partial charge >= 0.3 is 0 Å². The Morgan fingerprint density at radius 2 is 1.13 bits per heavy atom. The van der Waals surface area contributed by atoms with Crippen LogP contribution in [-0.4, -0.2) is 0 Å².